The fourth-order valence-electron chi connectivity index (χ4n) is 2.39. The first kappa shape index (κ1) is 12.8. The van der Waals surface area contributed by atoms with Crippen LogP contribution in [-0.4, -0.2) is 15.9 Å². The van der Waals surface area contributed by atoms with E-state index in [1.54, 1.807) is 6.20 Å². The number of rotatable bonds is 1. The molecule has 2 heterocycles. The van der Waals surface area contributed by atoms with E-state index in [4.69, 9.17) is 0 Å². The van der Waals surface area contributed by atoms with Crippen LogP contribution in [0.15, 0.2) is 24.4 Å². The number of anilines is 1. The summed E-state index contributed by atoms with van der Waals surface area (Å²) >= 11 is 0. The first-order valence-electron chi connectivity index (χ1n) is 6.81. The van der Waals surface area contributed by atoms with Gasteiger partial charge in [-0.15, -0.1) is 0 Å². The second-order valence-corrected chi connectivity index (χ2v) is 5.53. The van der Waals surface area contributed by atoms with Crippen molar-refractivity contribution in [2.75, 3.05) is 5.32 Å². The Morgan fingerprint density at radius 1 is 1.30 bits per heavy atom. The molecule has 1 amide bonds. The van der Waals surface area contributed by atoms with E-state index in [1.165, 1.54) is 0 Å². The van der Waals surface area contributed by atoms with Gasteiger partial charge in [-0.1, -0.05) is 25.5 Å². The predicted octanol–water partition coefficient (Wildman–Crippen LogP) is 3.07. The van der Waals surface area contributed by atoms with Crippen molar-refractivity contribution in [3.8, 4) is 11.3 Å². The standard InChI is InChI=1S/C16H17N3O/c1-9(2)16-17-8-11-7-14(20)18-13-5-4-10(3)6-12(13)15(11)19-16/h4-6,8-9H,7H2,1-3H3,(H,18,20). The Kier molecular flexibility index (Phi) is 3.01. The van der Waals surface area contributed by atoms with Crippen LogP contribution in [-0.2, 0) is 11.2 Å². The molecule has 1 N–H and O–H groups in total. The lowest BCUT2D eigenvalue weighted by Crippen LogP contribution is -2.12. The van der Waals surface area contributed by atoms with Gasteiger partial charge in [0.1, 0.15) is 5.82 Å². The Morgan fingerprint density at radius 3 is 2.85 bits per heavy atom. The average Bonchev–Trinajstić information content (AvgIpc) is 2.53. The van der Waals surface area contributed by atoms with E-state index < -0.39 is 0 Å². The number of nitrogens with one attached hydrogen (secondary N) is 1. The molecule has 0 radical (unpaired) electrons. The molecule has 1 aliphatic rings. The maximum absolute atomic E-state index is 11.9. The molecular formula is C16H17N3O. The number of benzene rings is 1. The fraction of sp³-hybridized carbons (Fsp3) is 0.312. The van der Waals surface area contributed by atoms with Gasteiger partial charge in [-0.25, -0.2) is 9.97 Å². The van der Waals surface area contributed by atoms with E-state index in [9.17, 15) is 4.79 Å². The first-order chi connectivity index (χ1) is 9.54. The largest absolute Gasteiger partial charge is 0.325 e. The highest BCUT2D eigenvalue weighted by molar-refractivity contribution is 5.99. The third kappa shape index (κ3) is 2.18. The maximum atomic E-state index is 11.9. The zero-order valence-corrected chi connectivity index (χ0v) is 11.9. The molecule has 4 heteroatoms. The fourth-order valence-corrected chi connectivity index (χ4v) is 2.39. The molecule has 0 saturated heterocycles. The molecule has 0 bridgehead atoms. The molecule has 4 nitrogen and oxygen atoms in total. The maximum Gasteiger partial charge on any atom is 0.228 e. The van der Waals surface area contributed by atoms with E-state index >= 15 is 0 Å². The zero-order chi connectivity index (χ0) is 14.3. The summed E-state index contributed by atoms with van der Waals surface area (Å²) in [6.45, 7) is 6.18. The van der Waals surface area contributed by atoms with Crippen LogP contribution in [0.3, 0.4) is 0 Å². The van der Waals surface area contributed by atoms with Gasteiger partial charge < -0.3 is 5.32 Å². The molecule has 0 fully saturated rings. The van der Waals surface area contributed by atoms with Gasteiger partial charge in [-0.2, -0.15) is 0 Å². The Labute approximate surface area is 118 Å². The molecule has 20 heavy (non-hydrogen) atoms. The van der Waals surface area contributed by atoms with Crippen molar-refractivity contribution >= 4 is 11.6 Å². The summed E-state index contributed by atoms with van der Waals surface area (Å²) in [6, 6.07) is 6.00. The molecule has 102 valence electrons. The number of carbonyl (C=O) groups excluding carboxylic acids is 1. The van der Waals surface area contributed by atoms with Gasteiger partial charge in [0.2, 0.25) is 5.91 Å². The summed E-state index contributed by atoms with van der Waals surface area (Å²) in [4.78, 5) is 21.0. The van der Waals surface area contributed by atoms with Gasteiger partial charge in [0.15, 0.2) is 0 Å². The number of aryl methyl sites for hydroxylation is 1. The van der Waals surface area contributed by atoms with Crippen molar-refractivity contribution in [3.05, 3.63) is 41.3 Å². The Hall–Kier alpha value is -2.23. The van der Waals surface area contributed by atoms with Gasteiger partial charge in [0.05, 0.1) is 17.8 Å². The van der Waals surface area contributed by atoms with E-state index in [-0.39, 0.29) is 11.8 Å². The summed E-state index contributed by atoms with van der Waals surface area (Å²) in [5.74, 6) is 1.06. The second kappa shape index (κ2) is 4.71. The first-order valence-corrected chi connectivity index (χ1v) is 6.81. The number of nitrogens with zero attached hydrogens (tertiary/aromatic N) is 2. The monoisotopic (exact) mass is 267 g/mol. The van der Waals surface area contributed by atoms with Crippen molar-refractivity contribution < 1.29 is 4.79 Å². The molecule has 2 aromatic rings. The van der Waals surface area contributed by atoms with Crippen molar-refractivity contribution in [1.29, 1.82) is 0 Å². The minimum Gasteiger partial charge on any atom is -0.325 e. The van der Waals surface area contributed by atoms with Crippen LogP contribution in [0, 0.1) is 6.92 Å². The van der Waals surface area contributed by atoms with Gasteiger partial charge in [-0.05, 0) is 19.1 Å². The Morgan fingerprint density at radius 2 is 2.10 bits per heavy atom. The van der Waals surface area contributed by atoms with Crippen molar-refractivity contribution in [1.82, 2.24) is 9.97 Å². The average molecular weight is 267 g/mol. The van der Waals surface area contributed by atoms with Gasteiger partial charge in [0.25, 0.3) is 0 Å². The molecular weight excluding hydrogens is 250 g/mol. The second-order valence-electron chi connectivity index (χ2n) is 5.53. The van der Waals surface area contributed by atoms with E-state index in [2.05, 4.69) is 35.2 Å². The lowest BCUT2D eigenvalue weighted by Gasteiger charge is -2.11. The number of aromatic nitrogens is 2. The third-order valence-corrected chi connectivity index (χ3v) is 3.45. The SMILES string of the molecule is Cc1ccc2c(c1)-c1nc(C(C)C)ncc1CC(=O)N2. The number of amides is 1. The predicted molar refractivity (Wildman–Crippen MR) is 78.6 cm³/mol. The zero-order valence-electron chi connectivity index (χ0n) is 11.9. The summed E-state index contributed by atoms with van der Waals surface area (Å²) in [5.41, 5.74) is 4.72. The minimum absolute atomic E-state index is 0.0187. The van der Waals surface area contributed by atoms with E-state index in [0.29, 0.717) is 6.42 Å². The van der Waals surface area contributed by atoms with Gasteiger partial charge in [0, 0.05) is 23.2 Å². The van der Waals surface area contributed by atoms with E-state index in [0.717, 1.165) is 33.9 Å². The van der Waals surface area contributed by atoms with Crippen LogP contribution in [0.5, 0.6) is 0 Å². The van der Waals surface area contributed by atoms with Crippen LogP contribution in [0.25, 0.3) is 11.3 Å². The lowest BCUT2D eigenvalue weighted by atomic mass is 10.0. The quantitative estimate of drug-likeness (QED) is 0.864. The molecule has 0 spiro atoms. The Balaban J connectivity index is 2.27. The molecule has 1 aliphatic heterocycles. The molecule has 0 unspecified atom stereocenters. The normalized spacial score (nSPS) is 13.5. The van der Waals surface area contributed by atoms with Gasteiger partial charge >= 0.3 is 0 Å². The van der Waals surface area contributed by atoms with Crippen LogP contribution >= 0.6 is 0 Å². The molecule has 1 aromatic heterocycles. The summed E-state index contributed by atoms with van der Waals surface area (Å²) in [6.07, 6.45) is 2.11. The van der Waals surface area contributed by atoms with Crippen molar-refractivity contribution in [2.24, 2.45) is 0 Å². The number of fused-ring (bicyclic) bond motifs is 3. The molecule has 0 saturated carbocycles. The smallest absolute Gasteiger partial charge is 0.228 e. The minimum atomic E-state index is -0.0187. The molecule has 1 aromatic carbocycles. The summed E-state index contributed by atoms with van der Waals surface area (Å²) < 4.78 is 0. The third-order valence-electron chi connectivity index (χ3n) is 3.45. The molecule has 0 aliphatic carbocycles. The summed E-state index contributed by atoms with van der Waals surface area (Å²) in [5, 5.41) is 2.94. The highest BCUT2D eigenvalue weighted by Gasteiger charge is 2.21. The van der Waals surface area contributed by atoms with Crippen molar-refractivity contribution in [3.63, 3.8) is 0 Å². The Bertz CT molecular complexity index is 692. The number of carbonyl (C=O) groups is 1. The summed E-state index contributed by atoms with van der Waals surface area (Å²) in [7, 11) is 0. The number of hydrogen-bond acceptors (Lipinski definition) is 3. The topological polar surface area (TPSA) is 54.9 Å². The molecule has 3 rings (SSSR count). The van der Waals surface area contributed by atoms with Crippen LogP contribution in [0.2, 0.25) is 0 Å². The van der Waals surface area contributed by atoms with Crippen LogP contribution in [0.1, 0.15) is 36.7 Å². The van der Waals surface area contributed by atoms with Crippen molar-refractivity contribution in [2.45, 2.75) is 33.1 Å². The van der Waals surface area contributed by atoms with Crippen LogP contribution < -0.4 is 5.32 Å². The van der Waals surface area contributed by atoms with Gasteiger partial charge in [-0.3, -0.25) is 4.79 Å². The van der Waals surface area contributed by atoms with Crippen LogP contribution in [0.4, 0.5) is 5.69 Å². The number of hydrogen-bond donors (Lipinski definition) is 1. The molecule has 0 atom stereocenters. The van der Waals surface area contributed by atoms with E-state index in [1.807, 2.05) is 19.1 Å². The lowest BCUT2D eigenvalue weighted by molar-refractivity contribution is -0.115. The highest BCUT2D eigenvalue weighted by atomic mass is 16.1. The highest BCUT2D eigenvalue weighted by Crippen LogP contribution is 2.33.